The fourth-order valence-corrected chi connectivity index (χ4v) is 10.6. The van der Waals surface area contributed by atoms with Crippen LogP contribution in [0.3, 0.4) is 0 Å². The predicted octanol–water partition coefficient (Wildman–Crippen LogP) is 7.07. The Morgan fingerprint density at radius 1 is 0.562 bits per heavy atom. The molecule has 0 bridgehead atoms. The summed E-state index contributed by atoms with van der Waals surface area (Å²) < 4.78 is 6.48. The van der Waals surface area contributed by atoms with E-state index >= 15 is 0 Å². The Morgan fingerprint density at radius 2 is 1.00 bits per heavy atom. The Labute approximate surface area is 280 Å². The van der Waals surface area contributed by atoms with Crippen molar-refractivity contribution in [3.63, 3.8) is 0 Å². The van der Waals surface area contributed by atoms with Crippen LogP contribution in [0.25, 0.3) is 0 Å². The van der Waals surface area contributed by atoms with E-state index in [4.69, 9.17) is 4.74 Å². The van der Waals surface area contributed by atoms with Crippen molar-refractivity contribution in [2.75, 3.05) is 11.1 Å². The summed E-state index contributed by atoms with van der Waals surface area (Å²) in [4.78, 5) is 46.0. The number of Topliss-reactive ketones (excluding diaryl/α,β-unsaturated/α-hetero) is 1. The van der Waals surface area contributed by atoms with Gasteiger partial charge in [0.2, 0.25) is 5.78 Å². The van der Waals surface area contributed by atoms with E-state index in [1.165, 1.54) is 4.90 Å². The number of amides is 1. The minimum absolute atomic E-state index is 0.0465. The highest BCUT2D eigenvalue weighted by molar-refractivity contribution is 7.96. The molecule has 1 atom stereocenters. The smallest absolute Gasteiger partial charge is 0.346 e. The zero-order chi connectivity index (χ0) is 33.0. The summed E-state index contributed by atoms with van der Waals surface area (Å²) in [5, 5.41) is 2.98. The number of anilines is 2. The van der Waals surface area contributed by atoms with Crippen LogP contribution in [-0.2, 0) is 20.7 Å². The third-order valence-corrected chi connectivity index (χ3v) is 13.1. The van der Waals surface area contributed by atoms with Crippen LogP contribution < -0.4 is 20.8 Å². The molecule has 1 aliphatic heterocycles. The van der Waals surface area contributed by atoms with Gasteiger partial charge < -0.3 is 4.74 Å². The van der Waals surface area contributed by atoms with Crippen LogP contribution in [0.1, 0.15) is 15.9 Å². The first-order valence-electron chi connectivity index (χ1n) is 15.9. The van der Waals surface area contributed by atoms with Crippen molar-refractivity contribution < 1.29 is 19.1 Å². The van der Waals surface area contributed by atoms with Crippen molar-refractivity contribution in [2.45, 2.75) is 12.0 Å². The Balaban J connectivity index is 1.40. The molecule has 0 spiro atoms. The van der Waals surface area contributed by atoms with Crippen LogP contribution in [0.5, 0.6) is 0 Å². The Kier molecular flexibility index (Phi) is 8.54. The maximum absolute atomic E-state index is 15.0. The van der Waals surface area contributed by atoms with Crippen LogP contribution in [0.4, 0.5) is 11.4 Å². The summed E-state index contributed by atoms with van der Waals surface area (Å²) in [6.07, 6.45) is -0.155. The average molecular weight is 647 g/mol. The number of nitrogens with zero attached hydrogens (tertiary/aromatic N) is 1. The zero-order valence-corrected chi connectivity index (χ0v) is 27.1. The summed E-state index contributed by atoms with van der Waals surface area (Å²) in [7, 11) is -2.68. The summed E-state index contributed by atoms with van der Waals surface area (Å²) in [5.74, 6) is -1.75. The van der Waals surface area contributed by atoms with E-state index < -0.39 is 30.5 Å². The van der Waals surface area contributed by atoms with Crippen LogP contribution >= 0.6 is 7.26 Å². The number of ketones is 1. The average Bonchev–Trinajstić information content (AvgIpc) is 3.15. The molecule has 7 rings (SSSR count). The maximum atomic E-state index is 15.0. The molecule has 0 saturated heterocycles. The highest BCUT2D eigenvalue weighted by Gasteiger charge is 2.58. The van der Waals surface area contributed by atoms with Crippen molar-refractivity contribution in [2.24, 2.45) is 0 Å². The molecule has 0 aromatic heterocycles. The van der Waals surface area contributed by atoms with Gasteiger partial charge in [-0.15, -0.1) is 0 Å². The Bertz CT molecular complexity index is 1960. The molecule has 1 amide bonds. The van der Waals surface area contributed by atoms with Crippen molar-refractivity contribution in [3.05, 3.63) is 187 Å². The number of benzene rings is 6. The largest absolute Gasteiger partial charge is 0.437 e. The third-order valence-electron chi connectivity index (χ3n) is 8.86. The SMILES string of the molecule is O=C(C[P+](c1ccccc1)(c1ccccc1)c1ccccc1)OC1(Cc2ccccc2)C(=O)c2ccccc2N(c2ccccc2)C1=O. The Hall–Kier alpha value is -5.64. The van der Waals surface area contributed by atoms with Crippen molar-refractivity contribution >= 4 is 52.2 Å². The lowest BCUT2D eigenvalue weighted by Gasteiger charge is -2.41. The summed E-state index contributed by atoms with van der Waals surface area (Å²) in [6.45, 7) is 0. The van der Waals surface area contributed by atoms with Gasteiger partial charge in [0.05, 0.1) is 5.69 Å². The fraction of sp³-hybridized carbons (Fsp3) is 0.0714. The van der Waals surface area contributed by atoms with Gasteiger partial charge in [0.1, 0.15) is 23.2 Å². The van der Waals surface area contributed by atoms with Gasteiger partial charge in [0.15, 0.2) is 6.16 Å². The number of hydrogen-bond donors (Lipinski definition) is 0. The molecule has 1 aliphatic rings. The molecule has 48 heavy (non-hydrogen) atoms. The van der Waals surface area contributed by atoms with Crippen LogP contribution in [0.15, 0.2) is 176 Å². The standard InChI is InChI=1S/C42H33NO4P/c44-39(31-48(34-22-10-3-11-23-34,35-24-12-4-13-25-35)36-26-14-5-15-27-36)47-42(30-32-18-6-1-7-19-32)40(45)37-28-16-17-29-38(37)43(41(42)46)33-20-8-2-9-21-33/h1-29H,30-31H2/q+1. The van der Waals surface area contributed by atoms with E-state index in [0.29, 0.717) is 22.5 Å². The molecular formula is C42H33NO4P+. The number of fused-ring (bicyclic) bond motifs is 1. The van der Waals surface area contributed by atoms with Gasteiger partial charge in [-0.3, -0.25) is 14.5 Å². The molecule has 234 valence electrons. The van der Waals surface area contributed by atoms with E-state index in [9.17, 15) is 14.4 Å². The molecule has 0 aliphatic carbocycles. The predicted molar refractivity (Wildman–Crippen MR) is 193 cm³/mol. The normalized spacial score (nSPS) is 15.9. The molecule has 0 N–H and O–H groups in total. The minimum Gasteiger partial charge on any atom is -0.437 e. The molecule has 0 saturated carbocycles. The second-order valence-electron chi connectivity index (χ2n) is 11.8. The van der Waals surface area contributed by atoms with Crippen LogP contribution in [0, 0.1) is 0 Å². The molecular weight excluding hydrogens is 613 g/mol. The number of rotatable bonds is 9. The Morgan fingerprint density at radius 3 is 1.52 bits per heavy atom. The third kappa shape index (κ3) is 5.53. The molecule has 0 fully saturated rings. The fourth-order valence-electron chi connectivity index (χ4n) is 6.65. The number of ether oxygens (including phenoxy) is 1. The van der Waals surface area contributed by atoms with Gasteiger partial charge in [-0.1, -0.05) is 115 Å². The molecule has 6 aromatic carbocycles. The topological polar surface area (TPSA) is 63.7 Å². The van der Waals surface area contributed by atoms with Gasteiger partial charge in [-0.2, -0.15) is 0 Å². The van der Waals surface area contributed by atoms with Gasteiger partial charge >= 0.3 is 5.97 Å². The molecule has 6 aromatic rings. The zero-order valence-electron chi connectivity index (χ0n) is 26.2. The lowest BCUT2D eigenvalue weighted by molar-refractivity contribution is -0.159. The van der Waals surface area contributed by atoms with Gasteiger partial charge in [-0.25, -0.2) is 4.79 Å². The van der Waals surface area contributed by atoms with Crippen molar-refractivity contribution in [3.8, 4) is 0 Å². The summed E-state index contributed by atoms with van der Waals surface area (Å²) >= 11 is 0. The lowest BCUT2D eigenvalue weighted by atomic mass is 9.81. The van der Waals surface area contributed by atoms with Gasteiger partial charge in [-0.05, 0) is 66.2 Å². The van der Waals surface area contributed by atoms with E-state index in [-0.39, 0.29) is 12.6 Å². The van der Waals surface area contributed by atoms with Crippen LogP contribution in [0.2, 0.25) is 0 Å². The quantitative estimate of drug-likeness (QED) is 0.0959. The molecule has 0 radical (unpaired) electrons. The van der Waals surface area contributed by atoms with E-state index in [1.54, 1.807) is 24.3 Å². The molecule has 1 heterocycles. The van der Waals surface area contributed by atoms with Crippen LogP contribution in [-0.4, -0.2) is 29.4 Å². The second-order valence-corrected chi connectivity index (χ2v) is 15.2. The van der Waals surface area contributed by atoms with Crippen molar-refractivity contribution in [1.82, 2.24) is 0 Å². The highest BCUT2D eigenvalue weighted by Crippen LogP contribution is 2.55. The van der Waals surface area contributed by atoms with E-state index in [1.807, 2.05) is 152 Å². The number of carbonyl (C=O) groups is 3. The first-order chi connectivity index (χ1) is 23.5. The first kappa shape index (κ1) is 31.0. The number of hydrogen-bond acceptors (Lipinski definition) is 4. The van der Waals surface area contributed by atoms with Crippen molar-refractivity contribution in [1.29, 1.82) is 0 Å². The second kappa shape index (κ2) is 13.2. The monoisotopic (exact) mass is 646 g/mol. The molecule has 1 unspecified atom stereocenters. The molecule has 6 heteroatoms. The number of esters is 1. The summed E-state index contributed by atoms with van der Waals surface area (Å²) in [6, 6.07) is 55.4. The van der Waals surface area contributed by atoms with Gasteiger partial charge in [0.25, 0.3) is 11.5 Å². The van der Waals surface area contributed by atoms with Gasteiger partial charge in [0, 0.05) is 17.7 Å². The maximum Gasteiger partial charge on any atom is 0.346 e. The number of carbonyl (C=O) groups excluding carboxylic acids is 3. The molecule has 5 nitrogen and oxygen atoms in total. The summed E-state index contributed by atoms with van der Waals surface area (Å²) in [5.41, 5.74) is -0.0779. The first-order valence-corrected chi connectivity index (χ1v) is 17.8. The lowest BCUT2D eigenvalue weighted by Crippen LogP contribution is -2.61. The number of para-hydroxylation sites is 2. The van der Waals surface area contributed by atoms with E-state index in [0.717, 1.165) is 15.9 Å². The van der Waals surface area contributed by atoms with E-state index in [2.05, 4.69) is 0 Å². The minimum atomic E-state index is -2.68. The highest BCUT2D eigenvalue weighted by atomic mass is 31.2.